The molecule has 2 rings (SSSR count). The Hall–Kier alpha value is -2.20. The van der Waals surface area contributed by atoms with Gasteiger partial charge in [0.05, 0.1) is 0 Å². The number of isocyanates is 1. The second kappa shape index (κ2) is 5.30. The van der Waals surface area contributed by atoms with E-state index in [0.29, 0.717) is 18.4 Å². The van der Waals surface area contributed by atoms with E-state index in [1.165, 1.54) is 18.2 Å². The maximum atomic E-state index is 14.1. The Kier molecular flexibility index (Phi) is 3.83. The van der Waals surface area contributed by atoms with Crippen LogP contribution in [0.15, 0.2) is 23.2 Å². The van der Waals surface area contributed by atoms with Crippen molar-refractivity contribution in [2.75, 3.05) is 5.32 Å². The Morgan fingerprint density at radius 2 is 2.10 bits per heavy atom. The van der Waals surface area contributed by atoms with Gasteiger partial charge in [0.25, 0.3) is 0 Å². The van der Waals surface area contributed by atoms with Crippen LogP contribution in [-0.2, 0) is 15.1 Å². The van der Waals surface area contributed by atoms with Crippen LogP contribution >= 0.6 is 0 Å². The molecular formula is C15H17FN2O3. The minimum atomic E-state index is -0.768. The van der Waals surface area contributed by atoms with Gasteiger partial charge in [0.1, 0.15) is 17.0 Å². The van der Waals surface area contributed by atoms with Gasteiger partial charge in [-0.1, -0.05) is 6.07 Å². The molecule has 0 spiro atoms. The lowest BCUT2D eigenvalue weighted by Crippen LogP contribution is -2.27. The normalized spacial score (nSPS) is 15.8. The Morgan fingerprint density at radius 1 is 1.43 bits per heavy atom. The third-order valence-electron chi connectivity index (χ3n) is 3.10. The molecule has 1 aliphatic rings. The lowest BCUT2D eigenvalue weighted by Gasteiger charge is -2.20. The summed E-state index contributed by atoms with van der Waals surface area (Å²) < 4.78 is 19.2. The Morgan fingerprint density at radius 3 is 2.57 bits per heavy atom. The zero-order chi connectivity index (χ0) is 15.7. The first-order valence-electron chi connectivity index (χ1n) is 6.65. The van der Waals surface area contributed by atoms with E-state index in [0.717, 1.165) is 0 Å². The van der Waals surface area contributed by atoms with Crippen molar-refractivity contribution in [2.24, 2.45) is 4.99 Å². The Bertz CT molecular complexity index is 612. The zero-order valence-electron chi connectivity index (χ0n) is 12.2. The maximum absolute atomic E-state index is 14.1. The van der Waals surface area contributed by atoms with Crippen LogP contribution in [0.1, 0.15) is 39.2 Å². The van der Waals surface area contributed by atoms with Crippen molar-refractivity contribution < 1.29 is 18.7 Å². The number of carbonyl (C=O) groups is 1. The summed E-state index contributed by atoms with van der Waals surface area (Å²) in [7, 11) is 0. The molecular weight excluding hydrogens is 275 g/mol. The topological polar surface area (TPSA) is 67.8 Å². The molecule has 0 heterocycles. The van der Waals surface area contributed by atoms with E-state index in [4.69, 9.17) is 4.74 Å². The molecule has 0 bridgehead atoms. The molecule has 1 fully saturated rings. The van der Waals surface area contributed by atoms with Gasteiger partial charge in [-0.15, -0.1) is 0 Å². The predicted molar refractivity (Wildman–Crippen MR) is 75.3 cm³/mol. The van der Waals surface area contributed by atoms with Crippen molar-refractivity contribution in [2.45, 2.75) is 44.8 Å². The van der Waals surface area contributed by atoms with Gasteiger partial charge in [-0.05, 0) is 45.7 Å². The molecule has 0 saturated heterocycles. The predicted octanol–water partition coefficient (Wildman–Crippen LogP) is 3.50. The van der Waals surface area contributed by atoms with Crippen LogP contribution in [0.2, 0.25) is 0 Å². The van der Waals surface area contributed by atoms with Gasteiger partial charge in [-0.2, -0.15) is 4.99 Å². The molecule has 1 aliphatic carbocycles. The molecule has 21 heavy (non-hydrogen) atoms. The van der Waals surface area contributed by atoms with E-state index in [2.05, 4.69) is 10.3 Å². The molecule has 0 radical (unpaired) electrons. The smallest absolute Gasteiger partial charge is 0.412 e. The highest BCUT2D eigenvalue weighted by Crippen LogP contribution is 2.50. The first kappa shape index (κ1) is 15.2. The van der Waals surface area contributed by atoms with Crippen molar-refractivity contribution in [3.8, 4) is 0 Å². The quantitative estimate of drug-likeness (QED) is 0.685. The highest BCUT2D eigenvalue weighted by atomic mass is 19.1. The van der Waals surface area contributed by atoms with Crippen molar-refractivity contribution in [3.63, 3.8) is 0 Å². The molecule has 0 atom stereocenters. The van der Waals surface area contributed by atoms with Crippen LogP contribution in [0.3, 0.4) is 0 Å². The van der Waals surface area contributed by atoms with Gasteiger partial charge in [-0.25, -0.2) is 14.0 Å². The molecule has 1 N–H and O–H groups in total. The summed E-state index contributed by atoms with van der Waals surface area (Å²) in [6.07, 6.45) is 2.08. The van der Waals surface area contributed by atoms with Crippen LogP contribution < -0.4 is 5.32 Å². The Labute approximate surface area is 122 Å². The average Bonchev–Trinajstić information content (AvgIpc) is 3.07. The van der Waals surface area contributed by atoms with Crippen molar-refractivity contribution in [1.29, 1.82) is 0 Å². The number of nitrogens with one attached hydrogen (secondary N) is 1. The summed E-state index contributed by atoms with van der Waals surface area (Å²) in [6.45, 7) is 5.22. The molecule has 1 aromatic rings. The minimum Gasteiger partial charge on any atom is -0.444 e. The van der Waals surface area contributed by atoms with Gasteiger partial charge in [-0.3, -0.25) is 5.32 Å². The lowest BCUT2D eigenvalue weighted by atomic mass is 10.0. The second-order valence-corrected chi connectivity index (χ2v) is 6.06. The monoisotopic (exact) mass is 292 g/mol. The SMILES string of the molecule is CC(C)(C)OC(=O)Nc1ccc(C2(N=C=O)CC2)c(F)c1. The number of ether oxygens (including phenoxy) is 1. The number of nitrogens with zero attached hydrogens (tertiary/aromatic N) is 1. The van der Waals surface area contributed by atoms with Gasteiger partial charge >= 0.3 is 6.09 Å². The van der Waals surface area contributed by atoms with E-state index in [1.54, 1.807) is 26.8 Å². The van der Waals surface area contributed by atoms with Gasteiger partial charge in [0, 0.05) is 11.3 Å². The number of halogens is 1. The average molecular weight is 292 g/mol. The fourth-order valence-electron chi connectivity index (χ4n) is 2.04. The van der Waals surface area contributed by atoms with E-state index >= 15 is 0 Å². The van der Waals surface area contributed by atoms with Crippen molar-refractivity contribution in [1.82, 2.24) is 0 Å². The molecule has 1 aromatic carbocycles. The number of benzene rings is 1. The van der Waals surface area contributed by atoms with E-state index in [9.17, 15) is 14.0 Å². The lowest BCUT2D eigenvalue weighted by molar-refractivity contribution is 0.0636. The van der Waals surface area contributed by atoms with E-state index in [-0.39, 0.29) is 5.69 Å². The number of anilines is 1. The van der Waals surface area contributed by atoms with E-state index in [1.807, 2.05) is 0 Å². The number of carbonyl (C=O) groups excluding carboxylic acids is 2. The number of hydrogen-bond acceptors (Lipinski definition) is 4. The molecule has 6 heteroatoms. The van der Waals surface area contributed by atoms with Crippen LogP contribution in [0, 0.1) is 5.82 Å². The summed E-state index contributed by atoms with van der Waals surface area (Å²) in [5.74, 6) is -0.514. The zero-order valence-corrected chi connectivity index (χ0v) is 12.2. The highest BCUT2D eigenvalue weighted by molar-refractivity contribution is 5.84. The molecule has 0 aromatic heterocycles. The van der Waals surface area contributed by atoms with E-state index < -0.39 is 23.1 Å². The molecule has 1 saturated carbocycles. The first-order valence-corrected chi connectivity index (χ1v) is 6.65. The number of rotatable bonds is 3. The molecule has 0 aliphatic heterocycles. The van der Waals surface area contributed by atoms with Crippen molar-refractivity contribution in [3.05, 3.63) is 29.6 Å². The first-order chi connectivity index (χ1) is 9.76. The largest absolute Gasteiger partial charge is 0.444 e. The fraction of sp³-hybridized carbons (Fsp3) is 0.467. The summed E-state index contributed by atoms with van der Waals surface area (Å²) >= 11 is 0. The molecule has 0 unspecified atom stereocenters. The third-order valence-corrected chi connectivity index (χ3v) is 3.10. The third kappa shape index (κ3) is 3.67. The number of amides is 1. The van der Waals surface area contributed by atoms with Gasteiger partial charge in [0.2, 0.25) is 6.08 Å². The van der Waals surface area contributed by atoms with Gasteiger partial charge in [0.15, 0.2) is 0 Å². The summed E-state index contributed by atoms with van der Waals surface area (Å²) in [6, 6.07) is 4.28. The van der Waals surface area contributed by atoms with Crippen LogP contribution in [-0.4, -0.2) is 17.8 Å². The summed E-state index contributed by atoms with van der Waals surface area (Å²) in [5, 5.41) is 2.46. The maximum Gasteiger partial charge on any atom is 0.412 e. The molecule has 5 nitrogen and oxygen atoms in total. The van der Waals surface area contributed by atoms with Crippen LogP contribution in [0.5, 0.6) is 0 Å². The van der Waals surface area contributed by atoms with Gasteiger partial charge < -0.3 is 4.74 Å². The Balaban J connectivity index is 2.13. The van der Waals surface area contributed by atoms with Crippen LogP contribution in [0.4, 0.5) is 14.9 Å². The van der Waals surface area contributed by atoms with Crippen molar-refractivity contribution >= 4 is 17.9 Å². The van der Waals surface area contributed by atoms with Crippen LogP contribution in [0.25, 0.3) is 0 Å². The molecule has 1 amide bonds. The molecule has 112 valence electrons. The fourth-order valence-corrected chi connectivity index (χ4v) is 2.04. The minimum absolute atomic E-state index is 0.288. The highest BCUT2D eigenvalue weighted by Gasteiger charge is 2.46. The second-order valence-electron chi connectivity index (χ2n) is 6.06. The standard InChI is InChI=1S/C15H17FN2O3/c1-14(2,3)21-13(20)18-10-4-5-11(12(16)8-10)15(6-7-15)17-9-19/h4-5,8H,6-7H2,1-3H3,(H,18,20). The summed E-state index contributed by atoms with van der Waals surface area (Å²) in [5.41, 5.74) is -0.757. The number of hydrogen-bond donors (Lipinski definition) is 1. The summed E-state index contributed by atoms with van der Waals surface area (Å²) in [4.78, 5) is 25.7. The number of aliphatic imine (C=N–C) groups is 1.